The zero-order valence-electron chi connectivity index (χ0n) is 9.59. The Balaban J connectivity index is 2.53. The van der Waals surface area contributed by atoms with Crippen LogP contribution in [0, 0.1) is 0 Å². The number of hydrogen-bond donors (Lipinski definition) is 1. The van der Waals surface area contributed by atoms with Crippen molar-refractivity contribution in [2.45, 2.75) is 45.7 Å². The first kappa shape index (κ1) is 11.3. The summed E-state index contributed by atoms with van der Waals surface area (Å²) in [5, 5.41) is 3.28. The van der Waals surface area contributed by atoms with Gasteiger partial charge in [-0.15, -0.1) is 0 Å². The lowest BCUT2D eigenvalue weighted by Gasteiger charge is -2.14. The highest BCUT2D eigenvalue weighted by molar-refractivity contribution is 5.11. The number of rotatable bonds is 6. The Labute approximate surface area is 87.3 Å². The lowest BCUT2D eigenvalue weighted by molar-refractivity contribution is 0.539. The largest absolute Gasteiger partial charge is 0.350 e. The molecule has 0 amide bonds. The summed E-state index contributed by atoms with van der Waals surface area (Å²) >= 11 is 0. The maximum Gasteiger partial charge on any atom is 0.0443 e. The molecule has 0 aromatic carbocycles. The van der Waals surface area contributed by atoms with Gasteiger partial charge in [0.2, 0.25) is 0 Å². The van der Waals surface area contributed by atoms with Crippen molar-refractivity contribution < 1.29 is 0 Å². The Bertz CT molecular complexity index is 253. The van der Waals surface area contributed by atoms with Crippen molar-refractivity contribution in [3.05, 3.63) is 24.0 Å². The fourth-order valence-electron chi connectivity index (χ4n) is 1.70. The average Bonchev–Trinajstić information content (AvgIpc) is 2.65. The van der Waals surface area contributed by atoms with E-state index in [2.05, 4.69) is 42.1 Å². The van der Waals surface area contributed by atoms with Gasteiger partial charge in [0.05, 0.1) is 0 Å². The monoisotopic (exact) mass is 194 g/mol. The second-order valence-electron chi connectivity index (χ2n) is 3.84. The van der Waals surface area contributed by atoms with E-state index in [4.69, 9.17) is 0 Å². The second kappa shape index (κ2) is 5.86. The molecule has 80 valence electrons. The first-order valence-electron chi connectivity index (χ1n) is 5.62. The van der Waals surface area contributed by atoms with Gasteiger partial charge in [0.15, 0.2) is 0 Å². The summed E-state index contributed by atoms with van der Waals surface area (Å²) in [6.07, 6.45) is 6.08. The van der Waals surface area contributed by atoms with E-state index in [1.807, 2.05) is 7.05 Å². The van der Waals surface area contributed by atoms with E-state index >= 15 is 0 Å². The topological polar surface area (TPSA) is 17.0 Å². The standard InChI is InChI=1S/C12H22N2/c1-4-5-6-9-14-10-7-8-12(14)11(2)13-3/h7-8,10-11,13H,4-6,9H2,1-3H3. The van der Waals surface area contributed by atoms with Gasteiger partial charge in [0.1, 0.15) is 0 Å². The maximum absolute atomic E-state index is 3.28. The van der Waals surface area contributed by atoms with E-state index in [1.165, 1.54) is 25.0 Å². The predicted octanol–water partition coefficient (Wildman–Crippen LogP) is 2.96. The smallest absolute Gasteiger partial charge is 0.0443 e. The van der Waals surface area contributed by atoms with Crippen LogP contribution in [0.25, 0.3) is 0 Å². The van der Waals surface area contributed by atoms with E-state index in [9.17, 15) is 0 Å². The summed E-state index contributed by atoms with van der Waals surface area (Å²) < 4.78 is 2.36. The third-order valence-corrected chi connectivity index (χ3v) is 2.74. The Kier molecular flexibility index (Phi) is 4.74. The fraction of sp³-hybridized carbons (Fsp3) is 0.667. The van der Waals surface area contributed by atoms with Crippen LogP contribution < -0.4 is 5.32 Å². The summed E-state index contributed by atoms with van der Waals surface area (Å²) in [7, 11) is 2.01. The second-order valence-corrected chi connectivity index (χ2v) is 3.84. The first-order valence-corrected chi connectivity index (χ1v) is 5.62. The number of nitrogens with zero attached hydrogens (tertiary/aromatic N) is 1. The van der Waals surface area contributed by atoms with Crippen LogP contribution in [0.4, 0.5) is 0 Å². The number of unbranched alkanes of at least 4 members (excludes halogenated alkanes) is 2. The Hall–Kier alpha value is -0.760. The first-order chi connectivity index (χ1) is 6.79. The van der Waals surface area contributed by atoms with Crippen LogP contribution >= 0.6 is 0 Å². The highest BCUT2D eigenvalue weighted by Crippen LogP contribution is 2.13. The Morgan fingerprint density at radius 3 is 2.86 bits per heavy atom. The molecule has 0 fully saturated rings. The molecule has 14 heavy (non-hydrogen) atoms. The Morgan fingerprint density at radius 1 is 1.43 bits per heavy atom. The molecule has 0 radical (unpaired) electrons. The summed E-state index contributed by atoms with van der Waals surface area (Å²) in [6.45, 7) is 5.60. The third kappa shape index (κ3) is 2.88. The van der Waals surface area contributed by atoms with Crippen molar-refractivity contribution in [3.8, 4) is 0 Å². The van der Waals surface area contributed by atoms with Crippen molar-refractivity contribution >= 4 is 0 Å². The minimum Gasteiger partial charge on any atom is -0.350 e. The van der Waals surface area contributed by atoms with Gasteiger partial charge in [0.25, 0.3) is 0 Å². The van der Waals surface area contributed by atoms with E-state index in [0.717, 1.165) is 6.54 Å². The van der Waals surface area contributed by atoms with Gasteiger partial charge in [0, 0.05) is 24.5 Å². The molecule has 2 nitrogen and oxygen atoms in total. The van der Waals surface area contributed by atoms with Crippen molar-refractivity contribution in [1.82, 2.24) is 9.88 Å². The molecule has 0 saturated carbocycles. The third-order valence-electron chi connectivity index (χ3n) is 2.74. The molecule has 0 aliphatic rings. The highest BCUT2D eigenvalue weighted by atomic mass is 15.0. The van der Waals surface area contributed by atoms with E-state index in [-0.39, 0.29) is 0 Å². The van der Waals surface area contributed by atoms with Crippen molar-refractivity contribution in [1.29, 1.82) is 0 Å². The molecule has 1 N–H and O–H groups in total. The lowest BCUT2D eigenvalue weighted by atomic mass is 10.2. The lowest BCUT2D eigenvalue weighted by Crippen LogP contribution is -2.16. The molecule has 0 bridgehead atoms. The zero-order valence-corrected chi connectivity index (χ0v) is 9.59. The summed E-state index contributed by atoms with van der Waals surface area (Å²) in [5.74, 6) is 0. The normalized spacial score (nSPS) is 13.1. The maximum atomic E-state index is 3.28. The van der Waals surface area contributed by atoms with Crippen LogP contribution in [0.2, 0.25) is 0 Å². The zero-order chi connectivity index (χ0) is 10.4. The number of aryl methyl sites for hydroxylation is 1. The van der Waals surface area contributed by atoms with Crippen LogP contribution in [-0.2, 0) is 6.54 Å². The molecule has 0 aliphatic carbocycles. The SMILES string of the molecule is CCCCCn1cccc1C(C)NC. The minimum atomic E-state index is 0.451. The molecule has 2 heteroatoms. The number of hydrogen-bond acceptors (Lipinski definition) is 1. The van der Waals surface area contributed by atoms with Crippen molar-refractivity contribution in [3.63, 3.8) is 0 Å². The van der Waals surface area contributed by atoms with Gasteiger partial charge in [-0.25, -0.2) is 0 Å². The molecular weight excluding hydrogens is 172 g/mol. The van der Waals surface area contributed by atoms with Crippen molar-refractivity contribution in [2.75, 3.05) is 7.05 Å². The van der Waals surface area contributed by atoms with E-state index in [0.29, 0.717) is 6.04 Å². The van der Waals surface area contributed by atoms with Gasteiger partial charge in [-0.3, -0.25) is 0 Å². The molecule has 0 saturated heterocycles. The van der Waals surface area contributed by atoms with Gasteiger partial charge in [-0.05, 0) is 32.5 Å². The summed E-state index contributed by atoms with van der Waals surface area (Å²) in [6, 6.07) is 4.79. The summed E-state index contributed by atoms with van der Waals surface area (Å²) in [4.78, 5) is 0. The molecule has 1 unspecified atom stereocenters. The van der Waals surface area contributed by atoms with Crippen molar-refractivity contribution in [2.24, 2.45) is 0 Å². The molecule has 1 rings (SSSR count). The number of aromatic nitrogens is 1. The molecule has 0 spiro atoms. The van der Waals surface area contributed by atoms with Gasteiger partial charge in [-0.1, -0.05) is 19.8 Å². The van der Waals surface area contributed by atoms with Crippen LogP contribution in [0.3, 0.4) is 0 Å². The summed E-state index contributed by atoms with van der Waals surface area (Å²) in [5.41, 5.74) is 1.39. The van der Waals surface area contributed by atoms with Gasteiger partial charge in [-0.2, -0.15) is 0 Å². The van der Waals surface area contributed by atoms with Crippen LogP contribution in [0.1, 0.15) is 44.8 Å². The minimum absolute atomic E-state index is 0.451. The van der Waals surface area contributed by atoms with Crippen LogP contribution in [-0.4, -0.2) is 11.6 Å². The predicted molar refractivity (Wildman–Crippen MR) is 61.4 cm³/mol. The average molecular weight is 194 g/mol. The Morgan fingerprint density at radius 2 is 2.21 bits per heavy atom. The van der Waals surface area contributed by atoms with Crippen LogP contribution in [0.15, 0.2) is 18.3 Å². The molecule has 1 aromatic heterocycles. The van der Waals surface area contributed by atoms with E-state index in [1.54, 1.807) is 0 Å². The quantitative estimate of drug-likeness (QED) is 0.689. The van der Waals surface area contributed by atoms with Gasteiger partial charge < -0.3 is 9.88 Å². The van der Waals surface area contributed by atoms with Gasteiger partial charge >= 0.3 is 0 Å². The highest BCUT2D eigenvalue weighted by Gasteiger charge is 2.06. The number of nitrogens with one attached hydrogen (secondary N) is 1. The molecule has 1 aromatic rings. The van der Waals surface area contributed by atoms with E-state index < -0.39 is 0 Å². The van der Waals surface area contributed by atoms with Crippen LogP contribution in [0.5, 0.6) is 0 Å². The fourth-order valence-corrected chi connectivity index (χ4v) is 1.70. The molecule has 1 heterocycles. The molecular formula is C12H22N2. The molecule has 1 atom stereocenters. The molecule has 0 aliphatic heterocycles.